The maximum atomic E-state index is 13.3. The van der Waals surface area contributed by atoms with E-state index >= 15 is 0 Å². The summed E-state index contributed by atoms with van der Waals surface area (Å²) in [6.45, 7) is 2.75. The number of carbonyl (C=O) groups is 2. The topological polar surface area (TPSA) is 245 Å². The molecule has 0 aromatic heterocycles. The lowest BCUT2D eigenvalue weighted by Crippen LogP contribution is -2.65. The van der Waals surface area contributed by atoms with Crippen LogP contribution in [0, 0.1) is 0 Å². The zero-order valence-corrected chi connectivity index (χ0v) is 38.0. The van der Waals surface area contributed by atoms with Gasteiger partial charge in [0.2, 0.25) is 6.29 Å². The lowest BCUT2D eigenvalue weighted by molar-refractivity contribution is -0.374. The van der Waals surface area contributed by atoms with E-state index in [1.54, 1.807) is 0 Å². The lowest BCUT2D eigenvalue weighted by Gasteiger charge is -2.46. The van der Waals surface area contributed by atoms with Crippen molar-refractivity contribution in [1.29, 1.82) is 0 Å². The van der Waals surface area contributed by atoms with Crippen molar-refractivity contribution in [3.8, 4) is 0 Å². The second-order valence-electron chi connectivity index (χ2n) is 16.9. The van der Waals surface area contributed by atoms with Crippen LogP contribution in [0.5, 0.6) is 0 Å². The average Bonchev–Trinajstić information content (AvgIpc) is 3.22. The summed E-state index contributed by atoms with van der Waals surface area (Å²) in [6, 6.07) is 0. The van der Waals surface area contributed by atoms with Gasteiger partial charge in [0.25, 0.3) is 0 Å². The quantitative estimate of drug-likeness (QED) is 0.0223. The molecule has 2 saturated heterocycles. The summed E-state index contributed by atoms with van der Waals surface area (Å²) in [5.74, 6) is -1.45. The number of esters is 2. The van der Waals surface area contributed by atoms with Crippen LogP contribution in [-0.2, 0) is 47.9 Å². The second kappa shape index (κ2) is 33.0. The smallest absolute Gasteiger partial charge is 0.397 e. The van der Waals surface area contributed by atoms with Gasteiger partial charge in [0.15, 0.2) is 24.6 Å². The minimum Gasteiger partial charge on any atom is -0.455 e. The third-order valence-electron chi connectivity index (χ3n) is 11.6. The van der Waals surface area contributed by atoms with E-state index in [2.05, 4.69) is 18.0 Å². The third-order valence-corrected chi connectivity index (χ3v) is 12.1. The van der Waals surface area contributed by atoms with E-state index in [0.717, 1.165) is 51.4 Å². The Hall–Kier alpha value is -1.51. The highest BCUT2D eigenvalue weighted by Gasteiger charge is 2.54. The summed E-state index contributed by atoms with van der Waals surface area (Å²) in [7, 11) is -5.28. The SMILES string of the molecule is CCCCCCCCCCCCCCCC(=O)OC1C(OC2OC(CO)C(O)C(O)C2OS(=O)(=O)O)OC(CO)C(O)C1OC(=O)CCCCCCCCCCCCCCC. The molecule has 6 N–H and O–H groups in total. The van der Waals surface area contributed by atoms with Gasteiger partial charge >= 0.3 is 22.3 Å². The van der Waals surface area contributed by atoms with Gasteiger partial charge in [-0.1, -0.05) is 168 Å². The number of unbranched alkanes of at least 4 members (excludes halogenated alkanes) is 24. The molecule has 2 rings (SSSR count). The highest BCUT2D eigenvalue weighted by atomic mass is 32.3. The lowest BCUT2D eigenvalue weighted by atomic mass is 9.97. The molecule has 2 aliphatic heterocycles. The first-order valence-electron chi connectivity index (χ1n) is 23.6. The second-order valence-corrected chi connectivity index (χ2v) is 18.0. The Labute approximate surface area is 365 Å². The molecule has 16 nitrogen and oxygen atoms in total. The maximum absolute atomic E-state index is 13.3. The number of carbonyl (C=O) groups excluding carboxylic acids is 2. The number of rotatable bonds is 36. The molecule has 0 radical (unpaired) electrons. The Morgan fingerprint density at radius 1 is 0.475 bits per heavy atom. The zero-order chi connectivity index (χ0) is 44.9. The molecule has 0 amide bonds. The molecule has 10 unspecified atom stereocenters. The van der Waals surface area contributed by atoms with Gasteiger partial charge in [0.1, 0.15) is 30.5 Å². The van der Waals surface area contributed by atoms with E-state index in [0.29, 0.717) is 12.8 Å². The van der Waals surface area contributed by atoms with E-state index in [4.69, 9.17) is 23.7 Å². The van der Waals surface area contributed by atoms with Crippen molar-refractivity contribution in [2.45, 2.75) is 255 Å². The van der Waals surface area contributed by atoms with E-state index in [9.17, 15) is 48.1 Å². The Morgan fingerprint density at radius 3 is 1.16 bits per heavy atom. The van der Waals surface area contributed by atoms with Crippen molar-refractivity contribution >= 4 is 22.3 Å². The van der Waals surface area contributed by atoms with E-state index in [1.807, 2.05) is 0 Å². The fourth-order valence-corrected chi connectivity index (χ4v) is 8.43. The molecule has 0 aromatic rings. The first-order valence-corrected chi connectivity index (χ1v) is 25.0. The monoisotopic (exact) mass is 899 g/mol. The Kier molecular flexibility index (Phi) is 30.1. The summed E-state index contributed by atoms with van der Waals surface area (Å²) in [5, 5.41) is 52.2. The maximum Gasteiger partial charge on any atom is 0.397 e. The normalized spacial score (nSPS) is 27.0. The first kappa shape index (κ1) is 55.6. The highest BCUT2D eigenvalue weighted by Crippen LogP contribution is 2.33. The number of hydrogen-bond acceptors (Lipinski definition) is 15. The molecule has 0 saturated carbocycles. The van der Waals surface area contributed by atoms with Crippen LogP contribution >= 0.6 is 0 Å². The van der Waals surface area contributed by atoms with Gasteiger partial charge in [0.05, 0.1) is 13.2 Å². The standard InChI is InChI=1S/C44H82O16S/c1-3-5-7-9-11-13-15-17-19-21-23-25-27-29-35(47)57-40-38(50)34(32-46)56-44(59-43-41(60-61(52,53)54)39(51)37(49)33(31-45)55-43)42(40)58-36(48)30-28-26-24-22-20-18-16-14-12-10-8-6-4-2/h33-34,37-46,49-51H,3-32H2,1-2H3,(H,52,53,54). The molecular weight excluding hydrogens is 817 g/mol. The third kappa shape index (κ3) is 23.3. The minimum absolute atomic E-state index is 0.00491. The largest absolute Gasteiger partial charge is 0.455 e. The predicted octanol–water partition coefficient (Wildman–Crippen LogP) is 6.49. The first-order chi connectivity index (χ1) is 29.4. The summed E-state index contributed by atoms with van der Waals surface area (Å²) in [5.41, 5.74) is 0. The van der Waals surface area contributed by atoms with Gasteiger partial charge in [0, 0.05) is 12.8 Å². The summed E-state index contributed by atoms with van der Waals surface area (Å²) < 4.78 is 66.0. The van der Waals surface area contributed by atoms with Gasteiger partial charge in [-0.25, -0.2) is 4.18 Å². The van der Waals surface area contributed by atoms with Crippen LogP contribution in [0.2, 0.25) is 0 Å². The van der Waals surface area contributed by atoms with Crippen molar-refractivity contribution < 1.29 is 76.0 Å². The molecule has 360 valence electrons. The van der Waals surface area contributed by atoms with Crippen molar-refractivity contribution in [2.75, 3.05) is 13.2 Å². The van der Waals surface area contributed by atoms with Gasteiger partial charge in [-0.05, 0) is 12.8 Å². The van der Waals surface area contributed by atoms with Crippen LogP contribution in [0.25, 0.3) is 0 Å². The van der Waals surface area contributed by atoms with Gasteiger partial charge in [-0.3, -0.25) is 14.1 Å². The summed E-state index contributed by atoms with van der Waals surface area (Å²) in [6.07, 6.45) is 10.8. The van der Waals surface area contributed by atoms with Gasteiger partial charge in [-0.15, -0.1) is 0 Å². The molecule has 61 heavy (non-hydrogen) atoms. The van der Waals surface area contributed by atoms with E-state index < -0.39 is 97.0 Å². The highest BCUT2D eigenvalue weighted by molar-refractivity contribution is 7.80. The number of aliphatic hydroxyl groups excluding tert-OH is 5. The molecular formula is C44H82O16S. The molecule has 0 aliphatic carbocycles. The molecule has 0 bridgehead atoms. The molecule has 2 aliphatic rings. The van der Waals surface area contributed by atoms with Gasteiger partial charge in [-0.2, -0.15) is 8.42 Å². The van der Waals surface area contributed by atoms with Crippen LogP contribution in [0.3, 0.4) is 0 Å². The summed E-state index contributed by atoms with van der Waals surface area (Å²) >= 11 is 0. The molecule has 0 spiro atoms. The fourth-order valence-electron chi connectivity index (χ4n) is 7.95. The molecule has 10 atom stereocenters. The number of aliphatic hydroxyl groups is 5. The molecule has 2 fully saturated rings. The van der Waals surface area contributed by atoms with E-state index in [1.165, 1.54) is 103 Å². The number of ether oxygens (including phenoxy) is 5. The minimum atomic E-state index is -5.28. The molecule has 2 heterocycles. The van der Waals surface area contributed by atoms with Crippen LogP contribution < -0.4 is 0 Å². The average molecular weight is 899 g/mol. The Morgan fingerprint density at radius 2 is 0.803 bits per heavy atom. The van der Waals surface area contributed by atoms with Crippen LogP contribution in [0.1, 0.15) is 194 Å². The predicted molar refractivity (Wildman–Crippen MR) is 227 cm³/mol. The Balaban J connectivity index is 2.04. The van der Waals surface area contributed by atoms with Crippen LogP contribution in [-0.4, -0.2) is 125 Å². The van der Waals surface area contributed by atoms with Crippen LogP contribution in [0.4, 0.5) is 0 Å². The van der Waals surface area contributed by atoms with Crippen molar-refractivity contribution in [1.82, 2.24) is 0 Å². The van der Waals surface area contributed by atoms with Gasteiger partial charge < -0.3 is 49.2 Å². The molecule has 17 heteroatoms. The summed E-state index contributed by atoms with van der Waals surface area (Å²) in [4.78, 5) is 26.5. The Bertz CT molecular complexity index is 1240. The molecule has 0 aromatic carbocycles. The van der Waals surface area contributed by atoms with Crippen LogP contribution in [0.15, 0.2) is 0 Å². The van der Waals surface area contributed by atoms with E-state index in [-0.39, 0.29) is 12.8 Å². The van der Waals surface area contributed by atoms with Crippen molar-refractivity contribution in [3.05, 3.63) is 0 Å². The van der Waals surface area contributed by atoms with Crippen molar-refractivity contribution in [3.63, 3.8) is 0 Å². The zero-order valence-electron chi connectivity index (χ0n) is 37.2. The van der Waals surface area contributed by atoms with Crippen molar-refractivity contribution in [2.24, 2.45) is 0 Å². The number of hydrogen-bond donors (Lipinski definition) is 6. The fraction of sp³-hybridized carbons (Fsp3) is 0.955.